The van der Waals surface area contributed by atoms with Crippen molar-refractivity contribution < 1.29 is 9.53 Å². The van der Waals surface area contributed by atoms with Crippen LogP contribution in [0.25, 0.3) is 17.3 Å². The average molecular weight is 575 g/mol. The summed E-state index contributed by atoms with van der Waals surface area (Å²) in [4.78, 5) is 27.0. The van der Waals surface area contributed by atoms with Crippen LogP contribution in [-0.2, 0) is 4.79 Å². The lowest BCUT2D eigenvalue weighted by Gasteiger charge is -2.13. The van der Waals surface area contributed by atoms with Crippen molar-refractivity contribution in [2.45, 2.75) is 19.9 Å². The van der Waals surface area contributed by atoms with E-state index in [2.05, 4.69) is 21.2 Å². The van der Waals surface area contributed by atoms with Gasteiger partial charge in [0.1, 0.15) is 16.5 Å². The van der Waals surface area contributed by atoms with Crippen molar-refractivity contribution in [2.24, 2.45) is 0 Å². The molecule has 4 aromatic rings. The van der Waals surface area contributed by atoms with Crippen LogP contribution in [0.2, 0.25) is 0 Å². The molecule has 3 aromatic carbocycles. The van der Waals surface area contributed by atoms with Crippen LogP contribution in [0, 0.1) is 11.3 Å². The van der Waals surface area contributed by atoms with Crippen LogP contribution in [0.5, 0.6) is 5.75 Å². The minimum absolute atomic E-state index is 0.132. The molecule has 0 bridgehead atoms. The second-order valence-corrected chi connectivity index (χ2v) is 10.0. The SMILES string of the molecule is CCOc1ccc(Br)cc1C=c1sc(=C(C#N)C(=O)NC(C)c2ccccc2)n(-c2ccccc2)c1=O. The number of rotatable bonds is 7. The van der Waals surface area contributed by atoms with Gasteiger partial charge in [0.15, 0.2) is 5.57 Å². The van der Waals surface area contributed by atoms with Crippen molar-refractivity contribution in [3.63, 3.8) is 0 Å². The lowest BCUT2D eigenvalue weighted by Crippen LogP contribution is -2.34. The molecule has 1 amide bonds. The number of aromatic nitrogens is 1. The van der Waals surface area contributed by atoms with Gasteiger partial charge in [0, 0.05) is 10.0 Å². The zero-order valence-corrected chi connectivity index (χ0v) is 22.7. The quantitative estimate of drug-likeness (QED) is 0.354. The molecule has 0 aliphatic rings. The van der Waals surface area contributed by atoms with E-state index in [0.29, 0.717) is 28.1 Å². The highest BCUT2D eigenvalue weighted by atomic mass is 79.9. The van der Waals surface area contributed by atoms with Gasteiger partial charge in [0.2, 0.25) is 0 Å². The summed E-state index contributed by atoms with van der Waals surface area (Å²) in [5.41, 5.74) is 1.72. The highest BCUT2D eigenvalue weighted by Crippen LogP contribution is 2.24. The number of hydrogen-bond acceptors (Lipinski definition) is 5. The first-order valence-electron chi connectivity index (χ1n) is 11.6. The van der Waals surface area contributed by atoms with Crippen molar-refractivity contribution in [2.75, 3.05) is 6.61 Å². The third kappa shape index (κ3) is 5.91. The summed E-state index contributed by atoms with van der Waals surface area (Å²) in [6.07, 6.45) is 1.73. The Bertz CT molecular complexity index is 1640. The lowest BCUT2D eigenvalue weighted by atomic mass is 10.1. The van der Waals surface area contributed by atoms with Gasteiger partial charge in [-0.3, -0.25) is 14.2 Å². The number of nitriles is 1. The maximum Gasteiger partial charge on any atom is 0.273 e. The van der Waals surface area contributed by atoms with E-state index in [9.17, 15) is 14.9 Å². The molecule has 0 spiro atoms. The Labute approximate surface area is 226 Å². The first kappa shape index (κ1) is 26.1. The van der Waals surface area contributed by atoms with E-state index in [1.54, 1.807) is 30.3 Å². The molecule has 6 nitrogen and oxygen atoms in total. The van der Waals surface area contributed by atoms with Gasteiger partial charge >= 0.3 is 0 Å². The number of para-hydroxylation sites is 1. The minimum atomic E-state index is -0.547. The number of carbonyl (C=O) groups excluding carboxylic acids is 1. The van der Waals surface area contributed by atoms with Gasteiger partial charge in [-0.1, -0.05) is 64.5 Å². The molecule has 1 atom stereocenters. The monoisotopic (exact) mass is 573 g/mol. The molecule has 4 rings (SSSR count). The van der Waals surface area contributed by atoms with Crippen LogP contribution >= 0.6 is 27.3 Å². The van der Waals surface area contributed by atoms with Crippen molar-refractivity contribution >= 4 is 44.8 Å². The first-order chi connectivity index (χ1) is 17.9. The molecule has 8 heteroatoms. The molecular formula is C29H24BrN3O3S. The summed E-state index contributed by atoms with van der Waals surface area (Å²) in [5.74, 6) is 0.0824. The molecule has 0 aliphatic carbocycles. The number of carbonyl (C=O) groups is 1. The second-order valence-electron chi connectivity index (χ2n) is 8.10. The van der Waals surface area contributed by atoms with Gasteiger partial charge in [0.25, 0.3) is 11.5 Å². The Morgan fingerprint density at radius 2 is 1.81 bits per heavy atom. The molecular weight excluding hydrogens is 550 g/mol. The lowest BCUT2D eigenvalue weighted by molar-refractivity contribution is -0.116. The van der Waals surface area contributed by atoms with Crippen LogP contribution < -0.4 is 24.8 Å². The fourth-order valence-corrected chi connectivity index (χ4v) is 5.28. The number of thiazole rings is 1. The van der Waals surface area contributed by atoms with Crippen LogP contribution in [-0.4, -0.2) is 17.1 Å². The Kier molecular flexibility index (Phi) is 8.39. The highest BCUT2D eigenvalue weighted by molar-refractivity contribution is 9.10. The van der Waals surface area contributed by atoms with Crippen molar-refractivity contribution in [1.29, 1.82) is 5.26 Å². The molecule has 0 saturated heterocycles. The van der Waals surface area contributed by atoms with Crippen molar-refractivity contribution in [1.82, 2.24) is 9.88 Å². The molecule has 37 heavy (non-hydrogen) atoms. The zero-order valence-electron chi connectivity index (χ0n) is 20.3. The Morgan fingerprint density at radius 3 is 2.46 bits per heavy atom. The Hall–Kier alpha value is -3.93. The molecule has 1 unspecified atom stereocenters. The summed E-state index contributed by atoms with van der Waals surface area (Å²) < 4.78 is 8.62. The minimum Gasteiger partial charge on any atom is -0.493 e. The number of amides is 1. The van der Waals surface area contributed by atoms with Crippen LogP contribution in [0.1, 0.15) is 31.0 Å². The second kappa shape index (κ2) is 11.9. The largest absolute Gasteiger partial charge is 0.493 e. The number of ether oxygens (including phenoxy) is 1. The normalized spacial score (nSPS) is 13.0. The molecule has 0 fully saturated rings. The smallest absolute Gasteiger partial charge is 0.273 e. The first-order valence-corrected chi connectivity index (χ1v) is 13.3. The van der Waals surface area contributed by atoms with Crippen LogP contribution in [0.3, 0.4) is 0 Å². The molecule has 0 saturated carbocycles. The predicted octanol–water partition coefficient (Wildman–Crippen LogP) is 4.44. The zero-order chi connectivity index (χ0) is 26.4. The summed E-state index contributed by atoms with van der Waals surface area (Å²) >= 11 is 4.57. The van der Waals surface area contributed by atoms with Gasteiger partial charge < -0.3 is 10.1 Å². The fourth-order valence-electron chi connectivity index (χ4n) is 3.81. The van der Waals surface area contributed by atoms with E-state index in [4.69, 9.17) is 4.74 Å². The van der Waals surface area contributed by atoms with E-state index < -0.39 is 5.91 Å². The van der Waals surface area contributed by atoms with E-state index in [1.807, 2.05) is 74.5 Å². The third-order valence-corrected chi connectivity index (χ3v) is 7.18. The summed E-state index contributed by atoms with van der Waals surface area (Å²) in [7, 11) is 0. The highest BCUT2D eigenvalue weighted by Gasteiger charge is 2.19. The molecule has 0 aliphatic heterocycles. The number of halogens is 1. The average Bonchev–Trinajstić information content (AvgIpc) is 3.22. The van der Waals surface area contributed by atoms with E-state index >= 15 is 0 Å². The van der Waals surface area contributed by atoms with E-state index in [0.717, 1.165) is 21.4 Å². The molecule has 1 N–H and O–H groups in total. The standard InChI is InChI=1S/C29H24BrN3O3S/c1-3-36-25-15-14-22(30)16-21(25)17-26-28(35)33(23-12-8-5-9-13-23)29(37-26)24(18-31)27(34)32-19(2)20-10-6-4-7-11-20/h4-17,19H,3H2,1-2H3,(H,32,34). The van der Waals surface area contributed by atoms with Crippen LogP contribution in [0.15, 0.2) is 88.1 Å². The molecule has 0 radical (unpaired) electrons. The number of nitrogens with zero attached hydrogens (tertiary/aromatic N) is 2. The number of hydrogen-bond donors (Lipinski definition) is 1. The van der Waals surface area contributed by atoms with E-state index in [1.165, 1.54) is 4.57 Å². The Morgan fingerprint density at radius 1 is 1.14 bits per heavy atom. The summed E-state index contributed by atoms with van der Waals surface area (Å²) in [6, 6.07) is 25.7. The Balaban J connectivity index is 1.93. The molecule has 1 heterocycles. The number of benzene rings is 3. The van der Waals surface area contributed by atoms with Gasteiger partial charge in [-0.15, -0.1) is 11.3 Å². The van der Waals surface area contributed by atoms with Gasteiger partial charge in [0.05, 0.1) is 22.9 Å². The van der Waals surface area contributed by atoms with Gasteiger partial charge in [-0.2, -0.15) is 5.26 Å². The van der Waals surface area contributed by atoms with Crippen molar-refractivity contribution in [3.8, 4) is 17.5 Å². The van der Waals surface area contributed by atoms with Crippen LogP contribution in [0.4, 0.5) is 0 Å². The topological polar surface area (TPSA) is 84.1 Å². The molecule has 1 aromatic heterocycles. The summed E-state index contributed by atoms with van der Waals surface area (Å²) in [6.45, 7) is 4.21. The maximum atomic E-state index is 13.7. The van der Waals surface area contributed by atoms with E-state index in [-0.39, 0.29) is 21.8 Å². The van der Waals surface area contributed by atoms with Gasteiger partial charge in [-0.05, 0) is 55.8 Å². The van der Waals surface area contributed by atoms with Gasteiger partial charge in [-0.25, -0.2) is 0 Å². The summed E-state index contributed by atoms with van der Waals surface area (Å²) in [5, 5.41) is 12.9. The maximum absolute atomic E-state index is 13.7. The van der Waals surface area contributed by atoms with Crippen molar-refractivity contribution in [3.05, 3.63) is 114 Å². The predicted molar refractivity (Wildman–Crippen MR) is 150 cm³/mol. The third-order valence-electron chi connectivity index (χ3n) is 5.60. The molecule has 186 valence electrons. The fraction of sp³-hybridized carbons (Fsp3) is 0.138. The number of nitrogens with one attached hydrogen (secondary N) is 1.